The van der Waals surface area contributed by atoms with E-state index in [1.54, 1.807) is 25.4 Å². The second-order valence-electron chi connectivity index (χ2n) is 7.53. The molecule has 3 heterocycles. The summed E-state index contributed by atoms with van der Waals surface area (Å²) in [6.45, 7) is 2.42. The molecule has 0 amide bonds. The molecule has 0 aliphatic heterocycles. The van der Waals surface area contributed by atoms with Gasteiger partial charge in [0.15, 0.2) is 11.6 Å². The SMILES string of the molecule is CCOC(=O)c1c(OC)cn2ncnc(Nc3ccc4c(cnn4Cc4cccc(F)c4)c3)c12. The standard InChI is InChI=1S/C24H21FN6O3/c1-3-34-24(32)21-20(33-2)13-31-22(21)23(26-14-28-31)29-18-7-8-19-16(10-18)11-27-30(19)12-15-5-4-6-17(25)9-15/h4-11,13-14H,3,12H2,1-2H3,(H,26,28,29). The first-order chi connectivity index (χ1) is 16.6. The zero-order chi connectivity index (χ0) is 23.7. The first-order valence-corrected chi connectivity index (χ1v) is 10.6. The molecule has 0 saturated carbocycles. The van der Waals surface area contributed by atoms with Gasteiger partial charge < -0.3 is 14.8 Å². The van der Waals surface area contributed by atoms with Gasteiger partial charge in [0.2, 0.25) is 0 Å². The number of halogens is 1. The number of methoxy groups -OCH3 is 1. The number of rotatable bonds is 7. The van der Waals surface area contributed by atoms with Crippen LogP contribution < -0.4 is 10.1 Å². The van der Waals surface area contributed by atoms with Crippen molar-refractivity contribution in [3.8, 4) is 5.75 Å². The number of benzene rings is 2. The summed E-state index contributed by atoms with van der Waals surface area (Å²) >= 11 is 0. The van der Waals surface area contributed by atoms with Crippen LogP contribution in [0.15, 0.2) is 61.2 Å². The fourth-order valence-corrected chi connectivity index (χ4v) is 3.87. The summed E-state index contributed by atoms with van der Waals surface area (Å²) in [5.74, 6) is -0.0291. The molecule has 0 unspecified atom stereocenters. The highest BCUT2D eigenvalue weighted by Gasteiger charge is 2.24. The summed E-state index contributed by atoms with van der Waals surface area (Å²) in [5.41, 5.74) is 3.16. The van der Waals surface area contributed by atoms with Gasteiger partial charge in [0.1, 0.15) is 23.2 Å². The maximum absolute atomic E-state index is 13.5. The molecule has 0 saturated heterocycles. The van der Waals surface area contributed by atoms with Gasteiger partial charge >= 0.3 is 5.97 Å². The normalized spacial score (nSPS) is 11.1. The van der Waals surface area contributed by atoms with Crippen molar-refractivity contribution in [1.82, 2.24) is 24.4 Å². The fourth-order valence-electron chi connectivity index (χ4n) is 3.87. The van der Waals surface area contributed by atoms with Crippen LogP contribution >= 0.6 is 0 Å². The number of carbonyl (C=O) groups excluding carboxylic acids is 1. The summed E-state index contributed by atoms with van der Waals surface area (Å²) in [7, 11) is 1.48. The third-order valence-electron chi connectivity index (χ3n) is 5.36. The molecule has 2 aromatic carbocycles. The van der Waals surface area contributed by atoms with Crippen LogP contribution in [-0.2, 0) is 11.3 Å². The smallest absolute Gasteiger partial charge is 0.344 e. The lowest BCUT2D eigenvalue weighted by Gasteiger charge is -2.10. The van der Waals surface area contributed by atoms with Gasteiger partial charge in [0, 0.05) is 11.1 Å². The lowest BCUT2D eigenvalue weighted by atomic mass is 10.2. The Morgan fingerprint density at radius 3 is 2.85 bits per heavy atom. The van der Waals surface area contributed by atoms with Gasteiger partial charge in [-0.25, -0.2) is 18.7 Å². The van der Waals surface area contributed by atoms with Crippen LogP contribution in [-0.4, -0.2) is 44.1 Å². The summed E-state index contributed by atoms with van der Waals surface area (Å²) in [4.78, 5) is 17.0. The highest BCUT2D eigenvalue weighted by Crippen LogP contribution is 2.31. The Hall–Kier alpha value is -4.47. The first-order valence-electron chi connectivity index (χ1n) is 10.6. The predicted octanol–water partition coefficient (Wildman–Crippen LogP) is 4.20. The number of hydrogen-bond donors (Lipinski definition) is 1. The maximum atomic E-state index is 13.5. The largest absolute Gasteiger partial charge is 0.494 e. The van der Waals surface area contributed by atoms with E-state index in [2.05, 4.69) is 20.5 Å². The quantitative estimate of drug-likeness (QED) is 0.364. The van der Waals surface area contributed by atoms with Crippen molar-refractivity contribution >= 4 is 33.9 Å². The van der Waals surface area contributed by atoms with Crippen LogP contribution in [0, 0.1) is 5.82 Å². The fraction of sp³-hybridized carbons (Fsp3) is 0.167. The van der Waals surface area contributed by atoms with Crippen LogP contribution in [0.1, 0.15) is 22.8 Å². The Morgan fingerprint density at radius 1 is 1.18 bits per heavy atom. The van der Waals surface area contributed by atoms with Crippen LogP contribution in [0.4, 0.5) is 15.9 Å². The summed E-state index contributed by atoms with van der Waals surface area (Å²) in [6.07, 6.45) is 4.74. The molecule has 172 valence electrons. The molecule has 1 N–H and O–H groups in total. The molecule has 10 heteroatoms. The van der Waals surface area contributed by atoms with Gasteiger partial charge in [-0.1, -0.05) is 12.1 Å². The number of nitrogens with zero attached hydrogens (tertiary/aromatic N) is 5. The van der Waals surface area contributed by atoms with Crippen molar-refractivity contribution in [1.29, 1.82) is 0 Å². The molecule has 0 aliphatic carbocycles. The highest BCUT2D eigenvalue weighted by molar-refractivity contribution is 6.04. The van der Waals surface area contributed by atoms with Gasteiger partial charge in [0.05, 0.1) is 38.2 Å². The minimum Gasteiger partial charge on any atom is -0.494 e. The van der Waals surface area contributed by atoms with E-state index in [-0.39, 0.29) is 18.0 Å². The molecule has 0 radical (unpaired) electrons. The number of aromatic nitrogens is 5. The molecule has 0 bridgehead atoms. The van der Waals surface area contributed by atoms with Gasteiger partial charge in [-0.2, -0.15) is 10.2 Å². The van der Waals surface area contributed by atoms with E-state index in [0.29, 0.717) is 23.6 Å². The summed E-state index contributed by atoms with van der Waals surface area (Å²) in [6, 6.07) is 12.2. The molecule has 34 heavy (non-hydrogen) atoms. The zero-order valence-corrected chi connectivity index (χ0v) is 18.5. The average Bonchev–Trinajstić information content (AvgIpc) is 3.41. The van der Waals surface area contributed by atoms with Gasteiger partial charge in [0.25, 0.3) is 0 Å². The monoisotopic (exact) mass is 460 g/mol. The zero-order valence-electron chi connectivity index (χ0n) is 18.5. The second-order valence-corrected chi connectivity index (χ2v) is 7.53. The van der Waals surface area contributed by atoms with E-state index in [1.807, 2.05) is 28.9 Å². The van der Waals surface area contributed by atoms with Gasteiger partial charge in [-0.05, 0) is 42.8 Å². The van der Waals surface area contributed by atoms with E-state index in [9.17, 15) is 9.18 Å². The molecule has 0 spiro atoms. The highest BCUT2D eigenvalue weighted by atomic mass is 19.1. The molecule has 5 aromatic rings. The van der Waals surface area contributed by atoms with Crippen molar-refractivity contribution in [2.75, 3.05) is 19.0 Å². The molecule has 0 fully saturated rings. The van der Waals surface area contributed by atoms with E-state index in [4.69, 9.17) is 9.47 Å². The van der Waals surface area contributed by atoms with Crippen molar-refractivity contribution in [2.45, 2.75) is 13.5 Å². The van der Waals surface area contributed by atoms with Crippen LogP contribution in [0.2, 0.25) is 0 Å². The molecule has 5 rings (SSSR count). The molecule has 3 aromatic heterocycles. The summed E-state index contributed by atoms with van der Waals surface area (Å²) in [5, 5.41) is 12.8. The van der Waals surface area contributed by atoms with Crippen molar-refractivity contribution < 1.29 is 18.7 Å². The first kappa shape index (κ1) is 21.4. The Morgan fingerprint density at radius 2 is 2.06 bits per heavy atom. The summed E-state index contributed by atoms with van der Waals surface area (Å²) < 4.78 is 27.5. The Labute approximate surface area is 193 Å². The van der Waals surface area contributed by atoms with E-state index in [1.165, 1.54) is 30.1 Å². The Kier molecular flexibility index (Phi) is 5.54. The number of esters is 1. The van der Waals surface area contributed by atoms with E-state index < -0.39 is 5.97 Å². The van der Waals surface area contributed by atoms with Crippen molar-refractivity contribution in [3.63, 3.8) is 0 Å². The molecule has 0 aliphatic rings. The lowest BCUT2D eigenvalue weighted by molar-refractivity contribution is 0.0525. The van der Waals surface area contributed by atoms with Gasteiger partial charge in [-0.3, -0.25) is 4.68 Å². The number of fused-ring (bicyclic) bond motifs is 2. The van der Waals surface area contributed by atoms with Crippen LogP contribution in [0.25, 0.3) is 16.4 Å². The Balaban J connectivity index is 1.49. The van der Waals surface area contributed by atoms with E-state index in [0.717, 1.165) is 22.2 Å². The van der Waals surface area contributed by atoms with Crippen LogP contribution in [0.5, 0.6) is 5.75 Å². The number of carbonyl (C=O) groups is 1. The lowest BCUT2D eigenvalue weighted by Crippen LogP contribution is -2.08. The number of anilines is 2. The molecule has 9 nitrogen and oxygen atoms in total. The third-order valence-corrected chi connectivity index (χ3v) is 5.36. The Bertz CT molecular complexity index is 1510. The van der Waals surface area contributed by atoms with E-state index >= 15 is 0 Å². The number of nitrogens with one attached hydrogen (secondary N) is 1. The second kappa shape index (κ2) is 8.81. The maximum Gasteiger partial charge on any atom is 0.344 e. The number of hydrogen-bond acceptors (Lipinski definition) is 7. The van der Waals surface area contributed by atoms with Gasteiger partial charge in [-0.15, -0.1) is 0 Å². The van der Waals surface area contributed by atoms with Crippen molar-refractivity contribution in [2.24, 2.45) is 0 Å². The average molecular weight is 460 g/mol. The van der Waals surface area contributed by atoms with Crippen LogP contribution in [0.3, 0.4) is 0 Å². The third kappa shape index (κ3) is 3.90. The van der Waals surface area contributed by atoms with Crippen molar-refractivity contribution in [3.05, 3.63) is 78.1 Å². The minimum atomic E-state index is -0.520. The molecular weight excluding hydrogens is 439 g/mol. The topological polar surface area (TPSA) is 95.6 Å². The predicted molar refractivity (Wildman–Crippen MR) is 124 cm³/mol. The minimum absolute atomic E-state index is 0.228. The number of ether oxygens (including phenoxy) is 2. The molecular formula is C24H21FN6O3. The molecule has 0 atom stereocenters.